The molecule has 1 atom stereocenters. The first-order valence-corrected chi connectivity index (χ1v) is 7.87. The molecule has 2 aromatic rings. The standard InChI is InChI=1S/C14H11BrClFIN/c15-9-1-4-13(18)11(7-9)14(19)6-8-5-10(17)2-3-12(8)16/h1-5,7,14H,6,19H2. The highest BCUT2D eigenvalue weighted by Crippen LogP contribution is 2.27. The van der Waals surface area contributed by atoms with Crippen LogP contribution in [0, 0.1) is 9.39 Å². The molecule has 100 valence electrons. The summed E-state index contributed by atoms with van der Waals surface area (Å²) in [6, 6.07) is 10.1. The lowest BCUT2D eigenvalue weighted by Gasteiger charge is -2.15. The van der Waals surface area contributed by atoms with Crippen LogP contribution in [0.3, 0.4) is 0 Å². The zero-order valence-electron chi connectivity index (χ0n) is 9.84. The van der Waals surface area contributed by atoms with E-state index < -0.39 is 0 Å². The molecule has 0 spiro atoms. The Balaban J connectivity index is 2.27. The first-order valence-electron chi connectivity index (χ1n) is 5.62. The van der Waals surface area contributed by atoms with Gasteiger partial charge >= 0.3 is 0 Å². The van der Waals surface area contributed by atoms with E-state index in [0.29, 0.717) is 11.4 Å². The van der Waals surface area contributed by atoms with Crippen molar-refractivity contribution in [1.29, 1.82) is 0 Å². The molecule has 0 radical (unpaired) electrons. The second-order valence-electron chi connectivity index (χ2n) is 4.21. The summed E-state index contributed by atoms with van der Waals surface area (Å²) in [4.78, 5) is 0. The fraction of sp³-hybridized carbons (Fsp3) is 0.143. The van der Waals surface area contributed by atoms with E-state index >= 15 is 0 Å². The Morgan fingerprint density at radius 3 is 2.74 bits per heavy atom. The first kappa shape index (κ1) is 15.2. The van der Waals surface area contributed by atoms with Gasteiger partial charge in [0.1, 0.15) is 5.82 Å². The van der Waals surface area contributed by atoms with Crippen LogP contribution in [0.1, 0.15) is 17.2 Å². The van der Waals surface area contributed by atoms with E-state index in [1.807, 2.05) is 18.2 Å². The lowest BCUT2D eigenvalue weighted by atomic mass is 10.00. The number of nitrogens with two attached hydrogens (primary N) is 1. The second kappa shape index (κ2) is 6.52. The zero-order chi connectivity index (χ0) is 14.0. The molecule has 0 heterocycles. The van der Waals surface area contributed by atoms with Crippen LogP contribution in [-0.4, -0.2) is 0 Å². The van der Waals surface area contributed by atoms with Crippen LogP contribution in [-0.2, 0) is 6.42 Å². The predicted octanol–water partition coefficient (Wildman–Crippen LogP) is 5.09. The van der Waals surface area contributed by atoms with Crippen molar-refractivity contribution in [3.8, 4) is 0 Å². The van der Waals surface area contributed by atoms with E-state index in [4.69, 9.17) is 17.3 Å². The van der Waals surface area contributed by atoms with Crippen molar-refractivity contribution in [1.82, 2.24) is 0 Å². The summed E-state index contributed by atoms with van der Waals surface area (Å²) in [7, 11) is 0. The highest BCUT2D eigenvalue weighted by atomic mass is 127. The first-order chi connectivity index (χ1) is 8.97. The van der Waals surface area contributed by atoms with E-state index in [9.17, 15) is 4.39 Å². The molecule has 0 fully saturated rings. The Morgan fingerprint density at radius 1 is 1.26 bits per heavy atom. The van der Waals surface area contributed by atoms with Crippen molar-refractivity contribution < 1.29 is 4.39 Å². The van der Waals surface area contributed by atoms with Gasteiger partial charge < -0.3 is 5.73 Å². The Labute approximate surface area is 138 Å². The van der Waals surface area contributed by atoms with Gasteiger partial charge in [0.05, 0.1) is 0 Å². The van der Waals surface area contributed by atoms with E-state index in [1.165, 1.54) is 12.1 Å². The molecule has 0 saturated carbocycles. The number of hydrogen-bond acceptors (Lipinski definition) is 1. The number of hydrogen-bond donors (Lipinski definition) is 1. The number of rotatable bonds is 3. The van der Waals surface area contributed by atoms with Crippen LogP contribution in [0.2, 0.25) is 5.02 Å². The molecule has 5 heteroatoms. The highest BCUT2D eigenvalue weighted by Gasteiger charge is 2.13. The summed E-state index contributed by atoms with van der Waals surface area (Å²) in [6.07, 6.45) is 0.503. The smallest absolute Gasteiger partial charge is 0.123 e. The summed E-state index contributed by atoms with van der Waals surface area (Å²) in [6.45, 7) is 0. The summed E-state index contributed by atoms with van der Waals surface area (Å²) >= 11 is 11.7. The molecule has 2 aromatic carbocycles. The van der Waals surface area contributed by atoms with Crippen molar-refractivity contribution >= 4 is 50.1 Å². The maximum absolute atomic E-state index is 13.2. The van der Waals surface area contributed by atoms with Crippen LogP contribution in [0.5, 0.6) is 0 Å². The molecule has 2 rings (SSSR count). The summed E-state index contributed by atoms with van der Waals surface area (Å²) in [5.74, 6) is -0.296. The van der Waals surface area contributed by atoms with Crippen molar-refractivity contribution in [3.63, 3.8) is 0 Å². The van der Waals surface area contributed by atoms with Gasteiger partial charge in [0.2, 0.25) is 0 Å². The normalized spacial score (nSPS) is 12.5. The molecule has 0 amide bonds. The maximum atomic E-state index is 13.2. The summed E-state index contributed by atoms with van der Waals surface area (Å²) in [5.41, 5.74) is 7.96. The Hall–Kier alpha value is -0.170. The Kier molecular flexibility index (Phi) is 5.22. The molecule has 2 N–H and O–H groups in total. The minimum absolute atomic E-state index is 0.219. The maximum Gasteiger partial charge on any atom is 0.123 e. The van der Waals surface area contributed by atoms with Crippen LogP contribution in [0.4, 0.5) is 4.39 Å². The predicted molar refractivity (Wildman–Crippen MR) is 88.9 cm³/mol. The van der Waals surface area contributed by atoms with Gasteiger partial charge in [0.15, 0.2) is 0 Å². The molecule has 19 heavy (non-hydrogen) atoms. The minimum atomic E-state index is -0.296. The lowest BCUT2D eigenvalue weighted by molar-refractivity contribution is 0.622. The van der Waals surface area contributed by atoms with Gasteiger partial charge in [-0.1, -0.05) is 27.5 Å². The van der Waals surface area contributed by atoms with Gasteiger partial charge in [0, 0.05) is 19.1 Å². The van der Waals surface area contributed by atoms with E-state index in [-0.39, 0.29) is 11.9 Å². The van der Waals surface area contributed by atoms with E-state index in [2.05, 4.69) is 38.5 Å². The fourth-order valence-electron chi connectivity index (χ4n) is 1.85. The van der Waals surface area contributed by atoms with Gasteiger partial charge in [-0.2, -0.15) is 0 Å². The molecule has 0 aromatic heterocycles. The summed E-state index contributed by atoms with van der Waals surface area (Å²) < 4.78 is 15.3. The molecular weight excluding hydrogens is 443 g/mol. The van der Waals surface area contributed by atoms with Gasteiger partial charge in [0.25, 0.3) is 0 Å². The van der Waals surface area contributed by atoms with Gasteiger partial charge in [-0.3, -0.25) is 0 Å². The third-order valence-corrected chi connectivity index (χ3v) is 4.65. The van der Waals surface area contributed by atoms with E-state index in [1.54, 1.807) is 6.07 Å². The third-order valence-electron chi connectivity index (χ3n) is 2.81. The minimum Gasteiger partial charge on any atom is -0.324 e. The monoisotopic (exact) mass is 453 g/mol. The van der Waals surface area contributed by atoms with Crippen LogP contribution in [0.25, 0.3) is 0 Å². The topological polar surface area (TPSA) is 26.0 Å². The van der Waals surface area contributed by atoms with Crippen molar-refractivity contribution in [2.75, 3.05) is 0 Å². The molecule has 0 aliphatic carbocycles. The molecule has 1 nitrogen and oxygen atoms in total. The Bertz CT molecular complexity index is 606. The van der Waals surface area contributed by atoms with Crippen LogP contribution >= 0.6 is 50.1 Å². The van der Waals surface area contributed by atoms with Gasteiger partial charge in [-0.05, 0) is 76.5 Å². The number of benzene rings is 2. The van der Waals surface area contributed by atoms with Crippen molar-refractivity contribution in [2.24, 2.45) is 5.73 Å². The molecular formula is C14H11BrClFIN. The number of halogens is 4. The molecule has 0 saturated heterocycles. The molecule has 0 aliphatic heterocycles. The molecule has 0 bridgehead atoms. The lowest BCUT2D eigenvalue weighted by Crippen LogP contribution is -2.15. The van der Waals surface area contributed by atoms with Crippen molar-refractivity contribution in [2.45, 2.75) is 12.5 Å². The average molecular weight is 455 g/mol. The van der Waals surface area contributed by atoms with Crippen LogP contribution in [0.15, 0.2) is 40.9 Å². The van der Waals surface area contributed by atoms with Gasteiger partial charge in [-0.25, -0.2) is 4.39 Å². The molecule has 1 unspecified atom stereocenters. The Morgan fingerprint density at radius 2 is 2.00 bits per heavy atom. The van der Waals surface area contributed by atoms with Gasteiger partial charge in [-0.15, -0.1) is 0 Å². The van der Waals surface area contributed by atoms with Crippen LogP contribution < -0.4 is 5.73 Å². The fourth-order valence-corrected chi connectivity index (χ4v) is 3.15. The summed E-state index contributed by atoms with van der Waals surface area (Å²) in [5, 5.41) is 0.543. The molecule has 0 aliphatic rings. The zero-order valence-corrected chi connectivity index (χ0v) is 14.3. The average Bonchev–Trinajstić information content (AvgIpc) is 2.36. The SMILES string of the molecule is NC(Cc1cc(F)ccc1Cl)c1cc(Br)ccc1I. The highest BCUT2D eigenvalue weighted by molar-refractivity contribution is 14.1. The largest absolute Gasteiger partial charge is 0.324 e. The third kappa shape index (κ3) is 3.90. The second-order valence-corrected chi connectivity index (χ2v) is 6.70. The van der Waals surface area contributed by atoms with Crippen molar-refractivity contribution in [3.05, 3.63) is 66.4 Å². The quantitative estimate of drug-likeness (QED) is 0.643. The van der Waals surface area contributed by atoms with E-state index in [0.717, 1.165) is 19.2 Å².